The summed E-state index contributed by atoms with van der Waals surface area (Å²) in [6.45, 7) is 15.1. The Labute approximate surface area is 124 Å². The van der Waals surface area contributed by atoms with Gasteiger partial charge in [-0.15, -0.1) is 0 Å². The molecule has 0 aliphatic rings. The van der Waals surface area contributed by atoms with Crippen molar-refractivity contribution in [3.05, 3.63) is 0 Å². The van der Waals surface area contributed by atoms with Gasteiger partial charge in [-0.3, -0.25) is 0 Å². The summed E-state index contributed by atoms with van der Waals surface area (Å²) in [6, 6.07) is 0. The third-order valence-electron chi connectivity index (χ3n) is 1.43. The smallest absolute Gasteiger partial charge is 0.312 e. The second-order valence-electron chi connectivity index (χ2n) is 4.44. The van der Waals surface area contributed by atoms with Gasteiger partial charge < -0.3 is 12.3 Å². The lowest BCUT2D eigenvalue weighted by molar-refractivity contribution is 0.362. The summed E-state index contributed by atoms with van der Waals surface area (Å²) in [7, 11) is -5.21. The van der Waals surface area contributed by atoms with Crippen molar-refractivity contribution in [2.24, 2.45) is 0 Å². The minimum atomic E-state index is -1.88. The van der Waals surface area contributed by atoms with Crippen LogP contribution >= 0.6 is 0 Å². The van der Waals surface area contributed by atoms with Crippen LogP contribution in [0.3, 0.4) is 0 Å². The van der Waals surface area contributed by atoms with E-state index < -0.39 is 35.9 Å². The second kappa shape index (κ2) is 14.2. The van der Waals surface area contributed by atoms with Crippen LogP contribution in [-0.2, 0) is 12.3 Å². The fraction of sp³-hybridized carbons (Fsp3) is 1.00. The predicted octanol–water partition coefficient (Wildman–Crippen LogP) is 4.10. The van der Waals surface area contributed by atoms with E-state index in [-0.39, 0.29) is 29.7 Å². The molecule has 0 fully saturated rings. The fourth-order valence-electron chi connectivity index (χ4n) is 1.41. The molecular weight excluding hydrogens is 292 g/mol. The van der Waals surface area contributed by atoms with Crippen molar-refractivity contribution in [1.29, 1.82) is 0 Å². The van der Waals surface area contributed by atoms with Crippen LogP contribution in [0.15, 0.2) is 0 Å². The molecule has 0 saturated carbocycles. The molecule has 0 saturated heterocycles. The standard InChI is InChI=1S/C7H24O3Si4.4CH4/c1-11(2)8-13(5)10-14(6,7)9-12(3)4;;;;/h11-13H,1-7H3;4*1H4. The van der Waals surface area contributed by atoms with Crippen molar-refractivity contribution in [3.63, 3.8) is 0 Å². The Kier molecular flexibility index (Phi) is 24.6. The van der Waals surface area contributed by atoms with Crippen molar-refractivity contribution < 1.29 is 12.3 Å². The molecule has 0 amide bonds. The molecule has 1 unspecified atom stereocenters. The maximum Gasteiger partial charge on any atom is 0.312 e. The molecule has 0 aromatic rings. The van der Waals surface area contributed by atoms with Gasteiger partial charge >= 0.3 is 8.56 Å². The van der Waals surface area contributed by atoms with E-state index in [4.69, 9.17) is 12.3 Å². The van der Waals surface area contributed by atoms with Gasteiger partial charge in [0.1, 0.15) is 0 Å². The first kappa shape index (κ1) is 31.2. The predicted molar refractivity (Wildman–Crippen MR) is 98.4 cm³/mol. The summed E-state index contributed by atoms with van der Waals surface area (Å²) >= 11 is 0. The van der Waals surface area contributed by atoms with Gasteiger partial charge in [0.2, 0.25) is 0 Å². The van der Waals surface area contributed by atoms with Crippen LogP contribution in [0.5, 0.6) is 0 Å². The zero-order chi connectivity index (χ0) is 11.4. The summed E-state index contributed by atoms with van der Waals surface area (Å²) in [5.74, 6) is 0. The van der Waals surface area contributed by atoms with E-state index in [1.807, 2.05) is 0 Å². The molecular formula is C11H40O3Si4. The zero-order valence-electron chi connectivity index (χ0n) is 10.5. The van der Waals surface area contributed by atoms with Gasteiger partial charge in [0, 0.05) is 0 Å². The van der Waals surface area contributed by atoms with Gasteiger partial charge in [0.15, 0.2) is 18.1 Å². The Morgan fingerprint density at radius 2 is 1.06 bits per heavy atom. The van der Waals surface area contributed by atoms with Crippen molar-refractivity contribution >= 4 is 35.9 Å². The topological polar surface area (TPSA) is 27.7 Å². The maximum absolute atomic E-state index is 5.96. The van der Waals surface area contributed by atoms with Crippen LogP contribution in [-0.4, -0.2) is 35.9 Å². The van der Waals surface area contributed by atoms with E-state index in [9.17, 15) is 0 Å². The molecule has 0 spiro atoms. The molecule has 0 aliphatic heterocycles. The third-order valence-corrected chi connectivity index (χ3v) is 12.9. The first-order valence-electron chi connectivity index (χ1n) is 5.24. The Morgan fingerprint density at radius 1 is 0.667 bits per heavy atom. The lowest BCUT2D eigenvalue weighted by Gasteiger charge is -2.29. The molecule has 118 valence electrons. The number of rotatable bonds is 6. The quantitative estimate of drug-likeness (QED) is 0.685. The van der Waals surface area contributed by atoms with Gasteiger partial charge in [-0.2, -0.15) is 0 Å². The third kappa shape index (κ3) is 19.1. The van der Waals surface area contributed by atoms with Crippen LogP contribution < -0.4 is 0 Å². The van der Waals surface area contributed by atoms with E-state index in [0.29, 0.717) is 0 Å². The lowest BCUT2D eigenvalue weighted by atomic mass is 11.9. The van der Waals surface area contributed by atoms with E-state index in [1.165, 1.54) is 0 Å². The average Bonchev–Trinajstić information content (AvgIpc) is 1.77. The molecule has 0 rings (SSSR count). The molecule has 0 heterocycles. The second-order valence-corrected chi connectivity index (χ2v) is 15.5. The fourth-order valence-corrected chi connectivity index (χ4v) is 13.7. The molecule has 0 aromatic heterocycles. The normalized spacial score (nSPS) is 11.8. The summed E-state index contributed by atoms with van der Waals surface area (Å²) in [4.78, 5) is 0. The first-order chi connectivity index (χ1) is 6.23. The van der Waals surface area contributed by atoms with Gasteiger partial charge in [0.25, 0.3) is 9.28 Å². The van der Waals surface area contributed by atoms with Crippen molar-refractivity contribution in [2.45, 2.75) is 75.5 Å². The molecule has 0 aromatic carbocycles. The molecule has 7 heteroatoms. The minimum absolute atomic E-state index is 0. The van der Waals surface area contributed by atoms with Crippen LogP contribution in [0, 0.1) is 0 Å². The molecule has 0 bridgehead atoms. The van der Waals surface area contributed by atoms with Crippen molar-refractivity contribution in [2.75, 3.05) is 0 Å². The Balaban J connectivity index is -0.000000141. The molecule has 18 heavy (non-hydrogen) atoms. The van der Waals surface area contributed by atoms with Crippen LogP contribution in [0.25, 0.3) is 0 Å². The van der Waals surface area contributed by atoms with Crippen LogP contribution in [0.2, 0.25) is 45.8 Å². The SMILES string of the molecule is C.C.C.C.C[SiH](C)O[SiH](C)O[Si](C)(C)O[SiH](C)C. The Bertz CT molecular complexity index is 166. The molecule has 3 nitrogen and oxygen atoms in total. The first-order valence-corrected chi connectivity index (χ1v) is 15.7. The molecule has 0 N–H and O–H groups in total. The highest BCUT2D eigenvalue weighted by molar-refractivity contribution is 6.78. The number of hydrogen-bond acceptors (Lipinski definition) is 3. The summed E-state index contributed by atoms with van der Waals surface area (Å²) in [5, 5.41) is 0. The average molecular weight is 333 g/mol. The summed E-state index contributed by atoms with van der Waals surface area (Å²) < 4.78 is 17.7. The van der Waals surface area contributed by atoms with Gasteiger partial charge in [0.05, 0.1) is 0 Å². The largest absolute Gasteiger partial charge is 0.442 e. The highest BCUT2D eigenvalue weighted by atomic mass is 28.5. The molecule has 0 radical (unpaired) electrons. The van der Waals surface area contributed by atoms with Crippen LogP contribution in [0.1, 0.15) is 29.7 Å². The Morgan fingerprint density at radius 3 is 1.33 bits per heavy atom. The van der Waals surface area contributed by atoms with Gasteiger partial charge in [-0.1, -0.05) is 29.7 Å². The zero-order valence-corrected chi connectivity index (χ0v) is 14.9. The highest BCUT2D eigenvalue weighted by Gasteiger charge is 2.29. The van der Waals surface area contributed by atoms with Gasteiger partial charge in [-0.25, -0.2) is 0 Å². The van der Waals surface area contributed by atoms with Gasteiger partial charge in [-0.05, 0) is 45.8 Å². The van der Waals surface area contributed by atoms with E-state index in [2.05, 4.69) is 45.8 Å². The lowest BCUT2D eigenvalue weighted by Crippen LogP contribution is -2.44. The minimum Gasteiger partial charge on any atom is -0.442 e. The van der Waals surface area contributed by atoms with E-state index >= 15 is 0 Å². The van der Waals surface area contributed by atoms with Crippen LogP contribution in [0.4, 0.5) is 0 Å². The highest BCUT2D eigenvalue weighted by Crippen LogP contribution is 2.10. The molecule has 0 aliphatic carbocycles. The summed E-state index contributed by atoms with van der Waals surface area (Å²) in [5.41, 5.74) is 0. The summed E-state index contributed by atoms with van der Waals surface area (Å²) in [6.07, 6.45) is 0. The number of hydrogen-bond donors (Lipinski definition) is 0. The molecule has 1 atom stereocenters. The van der Waals surface area contributed by atoms with E-state index in [0.717, 1.165) is 0 Å². The van der Waals surface area contributed by atoms with Crippen molar-refractivity contribution in [1.82, 2.24) is 0 Å². The van der Waals surface area contributed by atoms with Crippen molar-refractivity contribution in [3.8, 4) is 0 Å². The van der Waals surface area contributed by atoms with E-state index in [1.54, 1.807) is 0 Å². The maximum atomic E-state index is 5.96. The monoisotopic (exact) mass is 332 g/mol. The Hall–Kier alpha value is 0.748.